The van der Waals surface area contributed by atoms with Crippen molar-refractivity contribution in [1.29, 1.82) is 0 Å². The van der Waals surface area contributed by atoms with E-state index in [-0.39, 0.29) is 0 Å². The Morgan fingerprint density at radius 1 is 0.571 bits per heavy atom. The summed E-state index contributed by atoms with van der Waals surface area (Å²) in [4.78, 5) is 2.38. The van der Waals surface area contributed by atoms with Gasteiger partial charge in [0.2, 0.25) is 0 Å². The van der Waals surface area contributed by atoms with Gasteiger partial charge in [-0.1, -0.05) is 128 Å². The topological polar surface area (TPSA) is 12.5 Å². The van der Waals surface area contributed by atoms with E-state index < -0.39 is 0 Å². The number of ether oxygens (including phenoxy) is 1. The van der Waals surface area contributed by atoms with Crippen LogP contribution in [0.5, 0.6) is 11.5 Å². The Morgan fingerprint density at radius 3 is 1.92 bits per heavy atom. The van der Waals surface area contributed by atoms with Crippen molar-refractivity contribution in [2.75, 3.05) is 4.90 Å². The van der Waals surface area contributed by atoms with Gasteiger partial charge in [0.15, 0.2) is 11.5 Å². The van der Waals surface area contributed by atoms with Gasteiger partial charge in [-0.05, 0) is 115 Å². The molecule has 0 aromatic heterocycles. The summed E-state index contributed by atoms with van der Waals surface area (Å²) in [6, 6.07) is 52.9. The average Bonchev–Trinajstić information content (AvgIpc) is 3.16. The van der Waals surface area contributed by atoms with Crippen LogP contribution in [0.4, 0.5) is 17.1 Å². The van der Waals surface area contributed by atoms with Gasteiger partial charge >= 0.3 is 0 Å². The maximum atomic E-state index is 6.47. The monoisotopic (exact) mass is 627 g/mol. The molecular formula is C47H33NO. The van der Waals surface area contributed by atoms with Gasteiger partial charge in [0.05, 0.1) is 11.4 Å². The second-order valence-corrected chi connectivity index (χ2v) is 13.3. The third-order valence-corrected chi connectivity index (χ3v) is 10.6. The number of para-hydroxylation sites is 4. The first-order valence-corrected chi connectivity index (χ1v) is 17.1. The molecule has 7 aromatic rings. The van der Waals surface area contributed by atoms with Crippen LogP contribution in [-0.4, -0.2) is 0 Å². The van der Waals surface area contributed by atoms with Gasteiger partial charge in [0.25, 0.3) is 0 Å². The normalized spacial score (nSPS) is 17.4. The minimum absolute atomic E-state index is 0.310. The van der Waals surface area contributed by atoms with E-state index in [2.05, 4.69) is 170 Å². The Labute approximate surface area is 286 Å². The highest BCUT2D eigenvalue weighted by atomic mass is 16.5. The zero-order valence-electron chi connectivity index (χ0n) is 27.2. The number of nitrogens with zero attached hydrogens (tertiary/aromatic N) is 1. The molecule has 0 saturated carbocycles. The number of rotatable bonds is 3. The average molecular weight is 628 g/mol. The van der Waals surface area contributed by atoms with E-state index in [1.807, 2.05) is 12.1 Å². The lowest BCUT2D eigenvalue weighted by molar-refractivity contribution is 0.477. The fraction of sp³-hybridized carbons (Fsp3) is 0.0638. The van der Waals surface area contributed by atoms with Gasteiger partial charge in [0.1, 0.15) is 0 Å². The maximum absolute atomic E-state index is 6.47. The van der Waals surface area contributed by atoms with Crippen LogP contribution in [0, 0.1) is 5.92 Å². The molecule has 2 nitrogen and oxygen atoms in total. The van der Waals surface area contributed by atoms with Gasteiger partial charge in [-0.2, -0.15) is 0 Å². The molecule has 0 bridgehead atoms. The molecule has 232 valence electrons. The van der Waals surface area contributed by atoms with Gasteiger partial charge < -0.3 is 9.64 Å². The summed E-state index contributed by atoms with van der Waals surface area (Å²) >= 11 is 0. The number of allylic oxidation sites excluding steroid dienone is 5. The number of fused-ring (bicyclic) bond motifs is 6. The molecule has 0 amide bonds. The molecule has 2 heteroatoms. The zero-order valence-corrected chi connectivity index (χ0v) is 27.2. The van der Waals surface area contributed by atoms with Crippen molar-refractivity contribution >= 4 is 44.2 Å². The van der Waals surface area contributed by atoms with Crippen LogP contribution in [0.15, 0.2) is 175 Å². The summed E-state index contributed by atoms with van der Waals surface area (Å²) in [5, 5.41) is 4.98. The molecule has 1 aliphatic heterocycles. The van der Waals surface area contributed by atoms with Crippen LogP contribution in [-0.2, 0) is 0 Å². The minimum Gasteiger partial charge on any atom is -0.453 e. The Bertz CT molecular complexity index is 2470. The standard InChI is InChI=1S/C47H33NO/c1-30-36-16-6-8-20-40(36)47(41-21-9-7-17-37(30)41)34-27-33(46-38-18-4-2-14-31(38)26-32-15-3-5-19-39(32)46)28-35(29-34)48-42-22-10-12-24-44(42)49-45-25-13-11-23-43(45)48/h2-30,36H,1H3. The number of hydrogen-bond acceptors (Lipinski definition) is 2. The predicted molar refractivity (Wildman–Crippen MR) is 204 cm³/mol. The van der Waals surface area contributed by atoms with Crippen LogP contribution in [0.25, 0.3) is 38.2 Å². The van der Waals surface area contributed by atoms with Crippen molar-refractivity contribution in [3.8, 4) is 22.6 Å². The first-order valence-electron chi connectivity index (χ1n) is 17.1. The molecule has 2 aliphatic carbocycles. The van der Waals surface area contributed by atoms with Crippen LogP contribution in [0.2, 0.25) is 0 Å². The fourth-order valence-electron chi connectivity index (χ4n) is 8.37. The van der Waals surface area contributed by atoms with Crippen molar-refractivity contribution in [3.05, 3.63) is 192 Å². The zero-order chi connectivity index (χ0) is 32.5. The van der Waals surface area contributed by atoms with E-state index in [1.54, 1.807) is 0 Å². The number of benzene rings is 7. The predicted octanol–water partition coefficient (Wildman–Crippen LogP) is 12.9. The molecule has 0 fully saturated rings. The second kappa shape index (κ2) is 11.0. The summed E-state index contributed by atoms with van der Waals surface area (Å²) in [6.45, 7) is 2.37. The molecule has 0 radical (unpaired) electrons. The first kappa shape index (κ1) is 27.9. The summed E-state index contributed by atoms with van der Waals surface area (Å²) in [7, 11) is 0. The lowest BCUT2D eigenvalue weighted by Crippen LogP contribution is -2.20. The fourth-order valence-corrected chi connectivity index (χ4v) is 8.37. The lowest BCUT2D eigenvalue weighted by atomic mass is 9.69. The Morgan fingerprint density at radius 2 is 1.18 bits per heavy atom. The molecule has 0 N–H and O–H groups in total. The smallest absolute Gasteiger partial charge is 0.151 e. The summed E-state index contributed by atoms with van der Waals surface area (Å²) in [5.41, 5.74) is 12.2. The van der Waals surface area contributed by atoms with E-state index >= 15 is 0 Å². The molecule has 0 spiro atoms. The highest BCUT2D eigenvalue weighted by Crippen LogP contribution is 2.53. The van der Waals surface area contributed by atoms with Crippen molar-refractivity contribution in [2.45, 2.75) is 12.8 Å². The van der Waals surface area contributed by atoms with Gasteiger partial charge in [-0.15, -0.1) is 0 Å². The quantitative estimate of drug-likeness (QED) is 0.181. The Kier molecular flexibility index (Phi) is 6.25. The largest absolute Gasteiger partial charge is 0.453 e. The Hall–Kier alpha value is -6.12. The van der Waals surface area contributed by atoms with E-state index in [4.69, 9.17) is 4.74 Å². The van der Waals surface area contributed by atoms with Crippen LogP contribution in [0.3, 0.4) is 0 Å². The SMILES string of the molecule is CC1c2ccccc2C(c2cc(-c3c4ccccc4cc4ccccc34)cc(N3c4ccccc4Oc4ccccc43)c2)=C2C=CC=CC21. The van der Waals surface area contributed by atoms with Gasteiger partial charge in [-0.25, -0.2) is 0 Å². The maximum Gasteiger partial charge on any atom is 0.151 e. The Balaban J connectivity index is 1.33. The third-order valence-electron chi connectivity index (χ3n) is 10.6. The van der Waals surface area contributed by atoms with Crippen LogP contribution in [0.1, 0.15) is 29.5 Å². The van der Waals surface area contributed by atoms with E-state index in [0.717, 1.165) is 28.6 Å². The van der Waals surface area contributed by atoms with Crippen molar-refractivity contribution in [1.82, 2.24) is 0 Å². The first-order chi connectivity index (χ1) is 24.2. The lowest BCUT2D eigenvalue weighted by Gasteiger charge is -2.36. The van der Waals surface area contributed by atoms with Crippen LogP contribution >= 0.6 is 0 Å². The molecule has 1 heterocycles. The highest BCUT2D eigenvalue weighted by molar-refractivity contribution is 6.13. The summed E-state index contributed by atoms with van der Waals surface area (Å²) in [5.74, 6) is 2.40. The van der Waals surface area contributed by atoms with Crippen molar-refractivity contribution < 1.29 is 4.74 Å². The minimum atomic E-state index is 0.310. The molecule has 7 aromatic carbocycles. The molecule has 2 unspecified atom stereocenters. The number of anilines is 3. The number of hydrogen-bond donors (Lipinski definition) is 0. The molecule has 2 atom stereocenters. The highest BCUT2D eigenvalue weighted by Gasteiger charge is 2.33. The van der Waals surface area contributed by atoms with Gasteiger partial charge in [-0.3, -0.25) is 0 Å². The molecular weight excluding hydrogens is 595 g/mol. The van der Waals surface area contributed by atoms with Gasteiger partial charge in [0, 0.05) is 11.6 Å². The molecule has 0 saturated heterocycles. The molecule has 3 aliphatic rings. The molecule has 49 heavy (non-hydrogen) atoms. The molecule has 10 rings (SSSR count). The van der Waals surface area contributed by atoms with Crippen LogP contribution < -0.4 is 9.64 Å². The van der Waals surface area contributed by atoms with Crippen molar-refractivity contribution in [2.24, 2.45) is 5.92 Å². The summed E-state index contributed by atoms with van der Waals surface area (Å²) < 4.78 is 6.47. The summed E-state index contributed by atoms with van der Waals surface area (Å²) in [6.07, 6.45) is 9.13. The van der Waals surface area contributed by atoms with Crippen molar-refractivity contribution in [3.63, 3.8) is 0 Å². The van der Waals surface area contributed by atoms with E-state index in [9.17, 15) is 0 Å². The third kappa shape index (κ3) is 4.34. The van der Waals surface area contributed by atoms with E-state index in [0.29, 0.717) is 11.8 Å². The van der Waals surface area contributed by atoms with E-state index in [1.165, 1.54) is 60.5 Å². The second-order valence-electron chi connectivity index (χ2n) is 13.3.